The van der Waals surface area contributed by atoms with Gasteiger partial charge in [-0.3, -0.25) is 4.79 Å². The number of nitrogens with zero attached hydrogens (tertiary/aromatic N) is 1. The van der Waals surface area contributed by atoms with Gasteiger partial charge < -0.3 is 10.4 Å². The third kappa shape index (κ3) is 2.31. The number of amides is 1. The zero-order valence-electron chi connectivity index (χ0n) is 10.5. The first-order chi connectivity index (χ1) is 7.82. The van der Waals surface area contributed by atoms with Gasteiger partial charge in [0.2, 0.25) is 0 Å². The van der Waals surface area contributed by atoms with E-state index < -0.39 is 11.6 Å². The standard InChI is InChI=1S/C13H18N2O2/c1-12(2)9-13(3,17)10(11(16)14-12)15-7-5-4-6-8-15/h4-8,10,17H,9H2,1-3H3/p+1. The van der Waals surface area contributed by atoms with E-state index >= 15 is 0 Å². The van der Waals surface area contributed by atoms with Crippen LogP contribution in [0.25, 0.3) is 0 Å². The smallest absolute Gasteiger partial charge is 0.292 e. The number of carbonyl (C=O) groups excluding carboxylic acids is 1. The Bertz CT molecular complexity index is 426. The lowest BCUT2D eigenvalue weighted by Crippen LogP contribution is -2.67. The molecule has 17 heavy (non-hydrogen) atoms. The molecule has 1 aliphatic rings. The van der Waals surface area contributed by atoms with Gasteiger partial charge in [-0.05, 0) is 20.8 Å². The van der Waals surface area contributed by atoms with E-state index in [2.05, 4.69) is 5.32 Å². The van der Waals surface area contributed by atoms with Crippen molar-refractivity contribution in [1.82, 2.24) is 5.32 Å². The van der Waals surface area contributed by atoms with Crippen LogP contribution >= 0.6 is 0 Å². The normalized spacial score (nSPS) is 32.0. The molecule has 0 radical (unpaired) electrons. The van der Waals surface area contributed by atoms with Crippen LogP contribution in [0.1, 0.15) is 33.2 Å². The summed E-state index contributed by atoms with van der Waals surface area (Å²) in [6, 6.07) is 5.01. The topological polar surface area (TPSA) is 53.2 Å². The number of rotatable bonds is 1. The molecule has 2 rings (SSSR count). The molecule has 1 aromatic rings. The van der Waals surface area contributed by atoms with Gasteiger partial charge in [-0.2, -0.15) is 4.57 Å². The third-order valence-corrected chi connectivity index (χ3v) is 3.14. The van der Waals surface area contributed by atoms with Gasteiger partial charge >= 0.3 is 0 Å². The molecule has 0 aliphatic carbocycles. The van der Waals surface area contributed by atoms with E-state index in [1.54, 1.807) is 23.9 Å². The first-order valence-corrected chi connectivity index (χ1v) is 5.82. The van der Waals surface area contributed by atoms with Crippen molar-refractivity contribution in [2.45, 2.75) is 44.4 Å². The van der Waals surface area contributed by atoms with Crippen LogP contribution in [0.3, 0.4) is 0 Å². The Morgan fingerprint density at radius 3 is 2.41 bits per heavy atom. The second kappa shape index (κ2) is 3.81. The Morgan fingerprint density at radius 1 is 1.29 bits per heavy atom. The summed E-state index contributed by atoms with van der Waals surface area (Å²) in [4.78, 5) is 12.1. The Labute approximate surface area is 101 Å². The van der Waals surface area contributed by atoms with Crippen molar-refractivity contribution in [2.24, 2.45) is 0 Å². The number of hydrogen-bond donors (Lipinski definition) is 2. The second-order valence-corrected chi connectivity index (χ2v) is 5.63. The highest BCUT2D eigenvalue weighted by atomic mass is 16.3. The van der Waals surface area contributed by atoms with Gasteiger partial charge in [-0.25, -0.2) is 0 Å². The maximum atomic E-state index is 12.1. The fourth-order valence-corrected chi connectivity index (χ4v) is 2.76. The highest BCUT2D eigenvalue weighted by Crippen LogP contribution is 2.32. The molecule has 2 N–H and O–H groups in total. The van der Waals surface area contributed by atoms with Crippen LogP contribution in [0.2, 0.25) is 0 Å². The lowest BCUT2D eigenvalue weighted by Gasteiger charge is -2.41. The lowest BCUT2D eigenvalue weighted by molar-refractivity contribution is -0.724. The minimum atomic E-state index is -1.04. The fraction of sp³-hybridized carbons (Fsp3) is 0.538. The maximum Gasteiger partial charge on any atom is 0.292 e. The van der Waals surface area contributed by atoms with Gasteiger partial charge in [0, 0.05) is 24.1 Å². The van der Waals surface area contributed by atoms with Gasteiger partial charge in [0.05, 0.1) is 0 Å². The number of nitrogens with one attached hydrogen (secondary N) is 1. The van der Waals surface area contributed by atoms with Crippen LogP contribution in [0.4, 0.5) is 0 Å². The maximum absolute atomic E-state index is 12.1. The van der Waals surface area contributed by atoms with Crippen molar-refractivity contribution in [3.8, 4) is 0 Å². The molecule has 1 saturated heterocycles. The molecule has 4 heteroatoms. The quantitative estimate of drug-likeness (QED) is 0.699. The van der Waals surface area contributed by atoms with Crippen molar-refractivity contribution in [2.75, 3.05) is 0 Å². The predicted octanol–water partition coefficient (Wildman–Crippen LogP) is 0.565. The molecule has 2 atom stereocenters. The fourth-order valence-electron chi connectivity index (χ4n) is 2.76. The first kappa shape index (κ1) is 12.0. The number of pyridine rings is 1. The Balaban J connectivity index is 2.38. The summed E-state index contributed by atoms with van der Waals surface area (Å²) in [6.45, 7) is 5.56. The van der Waals surface area contributed by atoms with Crippen molar-refractivity contribution in [3.63, 3.8) is 0 Å². The SMILES string of the molecule is CC1(C)CC(C)(O)C([n+]2ccccc2)C(=O)N1. The van der Waals surface area contributed by atoms with Crippen molar-refractivity contribution in [1.29, 1.82) is 0 Å². The second-order valence-electron chi connectivity index (χ2n) is 5.63. The molecule has 1 fully saturated rings. The van der Waals surface area contributed by atoms with Crippen LogP contribution in [0.5, 0.6) is 0 Å². The van der Waals surface area contributed by atoms with Gasteiger partial charge in [0.25, 0.3) is 11.9 Å². The number of hydrogen-bond acceptors (Lipinski definition) is 2. The number of aromatic nitrogens is 1. The summed E-state index contributed by atoms with van der Waals surface area (Å²) in [5, 5.41) is 13.5. The zero-order chi connectivity index (χ0) is 12.7. The molecule has 0 spiro atoms. The van der Waals surface area contributed by atoms with E-state index in [1.807, 2.05) is 32.0 Å². The predicted molar refractivity (Wildman–Crippen MR) is 63.1 cm³/mol. The molecule has 1 amide bonds. The summed E-state index contributed by atoms with van der Waals surface area (Å²) in [5.41, 5.74) is -1.41. The third-order valence-electron chi connectivity index (χ3n) is 3.14. The number of aliphatic hydroxyl groups is 1. The van der Waals surface area contributed by atoms with E-state index in [0.29, 0.717) is 6.42 Å². The summed E-state index contributed by atoms with van der Waals surface area (Å²) in [6.07, 6.45) is 4.13. The van der Waals surface area contributed by atoms with E-state index in [-0.39, 0.29) is 11.4 Å². The Hall–Kier alpha value is -1.42. The summed E-state index contributed by atoms with van der Waals surface area (Å²) in [5.74, 6) is -0.137. The number of carbonyl (C=O) groups is 1. The lowest BCUT2D eigenvalue weighted by atomic mass is 9.78. The van der Waals surface area contributed by atoms with Crippen LogP contribution < -0.4 is 9.88 Å². The minimum Gasteiger partial charge on any atom is -0.383 e. The van der Waals surface area contributed by atoms with E-state index in [4.69, 9.17) is 0 Å². The summed E-state index contributed by atoms with van der Waals surface area (Å²) in [7, 11) is 0. The van der Waals surface area contributed by atoms with E-state index in [9.17, 15) is 9.90 Å². The molecule has 2 unspecified atom stereocenters. The summed E-state index contributed by atoms with van der Waals surface area (Å²) < 4.78 is 1.75. The van der Waals surface area contributed by atoms with Crippen LogP contribution in [-0.4, -0.2) is 22.2 Å². The van der Waals surface area contributed by atoms with Crippen LogP contribution in [0, 0.1) is 0 Å². The molecule has 1 aliphatic heterocycles. The van der Waals surface area contributed by atoms with Crippen LogP contribution in [-0.2, 0) is 4.79 Å². The molecule has 1 aromatic heterocycles. The first-order valence-electron chi connectivity index (χ1n) is 5.82. The van der Waals surface area contributed by atoms with E-state index in [1.165, 1.54) is 0 Å². The van der Waals surface area contributed by atoms with Gasteiger partial charge in [0.15, 0.2) is 12.4 Å². The van der Waals surface area contributed by atoms with Crippen LogP contribution in [0.15, 0.2) is 30.6 Å². The number of piperidine rings is 1. The largest absolute Gasteiger partial charge is 0.383 e. The van der Waals surface area contributed by atoms with Crippen molar-refractivity contribution < 1.29 is 14.5 Å². The minimum absolute atomic E-state index is 0.137. The van der Waals surface area contributed by atoms with E-state index in [0.717, 1.165) is 0 Å². The molecule has 0 aromatic carbocycles. The average Bonchev–Trinajstić information content (AvgIpc) is 2.14. The van der Waals surface area contributed by atoms with Crippen molar-refractivity contribution >= 4 is 5.91 Å². The average molecular weight is 235 g/mol. The highest BCUT2D eigenvalue weighted by molar-refractivity contribution is 5.81. The van der Waals surface area contributed by atoms with Crippen molar-refractivity contribution in [3.05, 3.63) is 30.6 Å². The van der Waals surface area contributed by atoms with Gasteiger partial charge in [-0.15, -0.1) is 0 Å². The molecule has 0 saturated carbocycles. The molecule has 2 heterocycles. The molecule has 92 valence electrons. The van der Waals surface area contributed by atoms with Gasteiger partial charge in [-0.1, -0.05) is 6.07 Å². The Kier molecular flexibility index (Phi) is 2.70. The zero-order valence-corrected chi connectivity index (χ0v) is 10.5. The molecule has 0 bridgehead atoms. The highest BCUT2D eigenvalue weighted by Gasteiger charge is 2.52. The summed E-state index contributed by atoms with van der Waals surface area (Å²) >= 11 is 0. The Morgan fingerprint density at radius 2 is 1.88 bits per heavy atom. The molecule has 4 nitrogen and oxygen atoms in total. The molecular weight excluding hydrogens is 216 g/mol. The molecular formula is C13H19N2O2+. The van der Waals surface area contributed by atoms with Gasteiger partial charge in [0.1, 0.15) is 5.60 Å². The monoisotopic (exact) mass is 235 g/mol.